The number of hydrogen-bond donors (Lipinski definition) is 1. The van der Waals surface area contributed by atoms with Gasteiger partial charge in [-0.3, -0.25) is 4.90 Å². The zero-order valence-corrected chi connectivity index (χ0v) is 8.93. The highest BCUT2D eigenvalue weighted by atomic mass is 16.5. The summed E-state index contributed by atoms with van der Waals surface area (Å²) in [7, 11) is 1.71. The molecule has 0 aliphatic carbocycles. The smallest absolute Gasteiger partial charge is 0.180 e. The van der Waals surface area contributed by atoms with Crippen molar-refractivity contribution >= 4 is 0 Å². The van der Waals surface area contributed by atoms with Gasteiger partial charge in [-0.1, -0.05) is 0 Å². The number of hydrogen-bond acceptors (Lipinski definition) is 5. The summed E-state index contributed by atoms with van der Waals surface area (Å²) in [5, 5.41) is 0. The van der Waals surface area contributed by atoms with Crippen LogP contribution >= 0.6 is 0 Å². The van der Waals surface area contributed by atoms with Crippen LogP contribution in [-0.4, -0.2) is 49.3 Å². The minimum Gasteiger partial charge on any atom is -0.448 e. The van der Waals surface area contributed by atoms with Crippen molar-refractivity contribution in [2.24, 2.45) is 5.73 Å². The summed E-state index contributed by atoms with van der Waals surface area (Å²) >= 11 is 0. The maximum absolute atomic E-state index is 6.06. The normalized spacial score (nSPS) is 27.3. The number of nitrogens with two attached hydrogens (primary N) is 1. The number of oxazole rings is 1. The molecular formula is C10H17N3O2. The second-order valence-corrected chi connectivity index (χ2v) is 3.93. The molecule has 0 aromatic carbocycles. The van der Waals surface area contributed by atoms with Crippen molar-refractivity contribution in [3.8, 4) is 0 Å². The van der Waals surface area contributed by atoms with E-state index in [1.165, 1.54) is 6.39 Å². The van der Waals surface area contributed by atoms with Gasteiger partial charge in [-0.2, -0.15) is 0 Å². The maximum Gasteiger partial charge on any atom is 0.180 e. The van der Waals surface area contributed by atoms with Crippen LogP contribution in [0.25, 0.3) is 0 Å². The van der Waals surface area contributed by atoms with Crippen LogP contribution in [0.1, 0.15) is 11.7 Å². The predicted molar refractivity (Wildman–Crippen MR) is 55.5 cm³/mol. The molecule has 1 aliphatic rings. The Bertz CT molecular complexity index is 289. The van der Waals surface area contributed by atoms with Crippen LogP contribution in [0, 0.1) is 0 Å². The molecule has 0 spiro atoms. The van der Waals surface area contributed by atoms with Crippen LogP contribution in [0.2, 0.25) is 0 Å². The Morgan fingerprint density at radius 1 is 1.67 bits per heavy atom. The zero-order valence-electron chi connectivity index (χ0n) is 8.93. The van der Waals surface area contributed by atoms with Gasteiger partial charge in [-0.05, 0) is 0 Å². The van der Waals surface area contributed by atoms with E-state index in [0.29, 0.717) is 0 Å². The van der Waals surface area contributed by atoms with Crippen LogP contribution in [0.3, 0.4) is 0 Å². The summed E-state index contributed by atoms with van der Waals surface area (Å²) in [6.45, 7) is 3.50. The predicted octanol–water partition coefficient (Wildman–Crippen LogP) is 0.0475. The number of methoxy groups -OCH3 is 1. The van der Waals surface area contributed by atoms with E-state index in [9.17, 15) is 0 Å². The van der Waals surface area contributed by atoms with Crippen molar-refractivity contribution < 1.29 is 9.15 Å². The standard InChI is InChI=1S/C10H17N3O2/c1-14-3-2-13-5-8(9(11)6-13)10-4-12-7-15-10/h4,7-9H,2-3,5-6,11H2,1H3/t8-,9-/m1/s1. The quantitative estimate of drug-likeness (QED) is 0.762. The molecule has 15 heavy (non-hydrogen) atoms. The van der Waals surface area contributed by atoms with Gasteiger partial charge in [0.15, 0.2) is 6.39 Å². The lowest BCUT2D eigenvalue weighted by molar-refractivity contribution is 0.159. The van der Waals surface area contributed by atoms with Crippen LogP contribution in [-0.2, 0) is 4.74 Å². The Morgan fingerprint density at radius 3 is 3.20 bits per heavy atom. The first-order valence-electron chi connectivity index (χ1n) is 5.16. The molecule has 0 bridgehead atoms. The van der Waals surface area contributed by atoms with E-state index in [4.69, 9.17) is 14.9 Å². The third kappa shape index (κ3) is 2.37. The number of likely N-dealkylation sites (tertiary alicyclic amines) is 1. The van der Waals surface area contributed by atoms with Crippen LogP contribution in [0.4, 0.5) is 0 Å². The molecule has 1 aliphatic heterocycles. The molecule has 1 fully saturated rings. The highest BCUT2D eigenvalue weighted by Crippen LogP contribution is 2.25. The fourth-order valence-corrected chi connectivity index (χ4v) is 2.03. The van der Waals surface area contributed by atoms with Gasteiger partial charge < -0.3 is 14.9 Å². The molecule has 1 saturated heterocycles. The summed E-state index contributed by atoms with van der Waals surface area (Å²) in [6.07, 6.45) is 3.21. The molecule has 2 N–H and O–H groups in total. The molecule has 5 heteroatoms. The van der Waals surface area contributed by atoms with Crippen molar-refractivity contribution in [2.75, 3.05) is 33.4 Å². The average molecular weight is 211 g/mol. The Morgan fingerprint density at radius 2 is 2.53 bits per heavy atom. The zero-order chi connectivity index (χ0) is 10.7. The van der Waals surface area contributed by atoms with Crippen LogP contribution < -0.4 is 5.73 Å². The second kappa shape index (κ2) is 4.74. The van der Waals surface area contributed by atoms with Crippen molar-refractivity contribution in [1.82, 2.24) is 9.88 Å². The summed E-state index contributed by atoms with van der Waals surface area (Å²) in [5.41, 5.74) is 6.06. The lowest BCUT2D eigenvalue weighted by Crippen LogP contribution is -2.30. The monoisotopic (exact) mass is 211 g/mol. The third-order valence-corrected chi connectivity index (χ3v) is 2.87. The van der Waals surface area contributed by atoms with Crippen molar-refractivity contribution in [3.63, 3.8) is 0 Å². The number of aromatic nitrogens is 1. The van der Waals surface area contributed by atoms with E-state index in [1.54, 1.807) is 13.3 Å². The van der Waals surface area contributed by atoms with Gasteiger partial charge in [0.25, 0.3) is 0 Å². The Kier molecular flexibility index (Phi) is 3.35. The minimum absolute atomic E-state index is 0.134. The van der Waals surface area contributed by atoms with E-state index in [2.05, 4.69) is 9.88 Å². The average Bonchev–Trinajstić information content (AvgIpc) is 2.83. The van der Waals surface area contributed by atoms with Gasteiger partial charge in [-0.25, -0.2) is 4.98 Å². The molecule has 2 rings (SSSR count). The van der Waals surface area contributed by atoms with Gasteiger partial charge in [0.1, 0.15) is 5.76 Å². The molecule has 1 aromatic heterocycles. The summed E-state index contributed by atoms with van der Waals surface area (Å²) in [6, 6.07) is 0.134. The molecule has 0 amide bonds. The van der Waals surface area contributed by atoms with E-state index in [-0.39, 0.29) is 12.0 Å². The van der Waals surface area contributed by atoms with Crippen LogP contribution in [0.5, 0.6) is 0 Å². The molecule has 0 saturated carbocycles. The fourth-order valence-electron chi connectivity index (χ4n) is 2.03. The molecule has 2 heterocycles. The molecule has 0 radical (unpaired) electrons. The van der Waals surface area contributed by atoms with Crippen LogP contribution in [0.15, 0.2) is 17.0 Å². The lowest BCUT2D eigenvalue weighted by atomic mass is 10.0. The Hall–Kier alpha value is -0.910. The first-order valence-corrected chi connectivity index (χ1v) is 5.16. The van der Waals surface area contributed by atoms with Gasteiger partial charge in [0.05, 0.1) is 12.8 Å². The van der Waals surface area contributed by atoms with Gasteiger partial charge in [-0.15, -0.1) is 0 Å². The second-order valence-electron chi connectivity index (χ2n) is 3.93. The molecule has 1 aromatic rings. The van der Waals surface area contributed by atoms with E-state index < -0.39 is 0 Å². The number of rotatable bonds is 4. The van der Waals surface area contributed by atoms with E-state index in [0.717, 1.165) is 32.0 Å². The first-order chi connectivity index (χ1) is 7.31. The molecule has 84 valence electrons. The lowest BCUT2D eigenvalue weighted by Gasteiger charge is -2.13. The number of ether oxygens (including phenoxy) is 1. The first kappa shape index (κ1) is 10.6. The molecule has 5 nitrogen and oxygen atoms in total. The Balaban J connectivity index is 1.93. The van der Waals surface area contributed by atoms with Gasteiger partial charge >= 0.3 is 0 Å². The fraction of sp³-hybridized carbons (Fsp3) is 0.700. The van der Waals surface area contributed by atoms with Gasteiger partial charge in [0, 0.05) is 38.7 Å². The minimum atomic E-state index is 0.134. The molecule has 0 unspecified atom stereocenters. The SMILES string of the molecule is COCCN1C[C@@H](N)[C@H](c2cnco2)C1. The Labute approximate surface area is 89.2 Å². The summed E-state index contributed by atoms with van der Waals surface area (Å²) in [5.74, 6) is 1.16. The van der Waals surface area contributed by atoms with Gasteiger partial charge in [0.2, 0.25) is 0 Å². The number of nitrogens with zero attached hydrogens (tertiary/aromatic N) is 2. The summed E-state index contributed by atoms with van der Waals surface area (Å²) < 4.78 is 10.3. The highest BCUT2D eigenvalue weighted by molar-refractivity contribution is 5.08. The van der Waals surface area contributed by atoms with Crippen molar-refractivity contribution in [3.05, 3.63) is 18.4 Å². The maximum atomic E-state index is 6.06. The highest BCUT2D eigenvalue weighted by Gasteiger charge is 2.32. The largest absolute Gasteiger partial charge is 0.448 e. The van der Waals surface area contributed by atoms with Crippen molar-refractivity contribution in [2.45, 2.75) is 12.0 Å². The van der Waals surface area contributed by atoms with Crippen molar-refractivity contribution in [1.29, 1.82) is 0 Å². The molecular weight excluding hydrogens is 194 g/mol. The topological polar surface area (TPSA) is 64.5 Å². The molecule has 2 atom stereocenters. The third-order valence-electron chi connectivity index (χ3n) is 2.87. The van der Waals surface area contributed by atoms with E-state index in [1.807, 2.05) is 0 Å². The van der Waals surface area contributed by atoms with E-state index >= 15 is 0 Å². The summed E-state index contributed by atoms with van der Waals surface area (Å²) in [4.78, 5) is 6.22.